The first-order chi connectivity index (χ1) is 15.1. The fraction of sp³-hybridized carbons (Fsp3) is 0.273. The summed E-state index contributed by atoms with van der Waals surface area (Å²) in [4.78, 5) is 17.1. The van der Waals surface area contributed by atoms with Crippen LogP contribution in [0, 0.1) is 0 Å². The van der Waals surface area contributed by atoms with Crippen molar-refractivity contribution in [2.24, 2.45) is 0 Å². The number of rotatable bonds is 9. The van der Waals surface area contributed by atoms with Gasteiger partial charge in [0.25, 0.3) is 0 Å². The maximum absolute atomic E-state index is 12.4. The molecule has 1 atom stereocenters. The van der Waals surface area contributed by atoms with Crippen molar-refractivity contribution in [1.29, 1.82) is 0 Å². The second kappa shape index (κ2) is 10.3. The standard InChI is InChI=1S/C22H23N5OS3/c1-3-27-19(13-30-22-24-17-11-7-8-12-18(17)31-22)25-26-21(27)29-14-20(28)23-15(2)16-9-5-4-6-10-16/h4-12,15H,3,13-14H2,1-2H3,(H,23,28)/t15-/m0/s1. The van der Waals surface area contributed by atoms with Crippen molar-refractivity contribution in [3.05, 3.63) is 66.0 Å². The van der Waals surface area contributed by atoms with E-state index in [9.17, 15) is 4.79 Å². The lowest BCUT2D eigenvalue weighted by Crippen LogP contribution is -2.28. The number of para-hydroxylation sites is 1. The number of nitrogens with zero attached hydrogens (tertiary/aromatic N) is 4. The molecule has 9 heteroatoms. The average Bonchev–Trinajstić information content (AvgIpc) is 3.39. The van der Waals surface area contributed by atoms with Gasteiger partial charge in [0, 0.05) is 6.54 Å². The van der Waals surface area contributed by atoms with Gasteiger partial charge in [-0.15, -0.1) is 21.5 Å². The Balaban J connectivity index is 1.33. The van der Waals surface area contributed by atoms with E-state index in [2.05, 4.69) is 38.1 Å². The molecule has 0 aliphatic carbocycles. The minimum atomic E-state index is -0.0286. The Morgan fingerprint density at radius 2 is 1.87 bits per heavy atom. The summed E-state index contributed by atoms with van der Waals surface area (Å²) < 4.78 is 4.28. The smallest absolute Gasteiger partial charge is 0.230 e. The van der Waals surface area contributed by atoms with Gasteiger partial charge in [0.2, 0.25) is 5.91 Å². The molecule has 0 radical (unpaired) electrons. The lowest BCUT2D eigenvalue weighted by atomic mass is 10.1. The number of aromatic nitrogens is 4. The van der Waals surface area contributed by atoms with Crippen LogP contribution in [0.2, 0.25) is 0 Å². The summed E-state index contributed by atoms with van der Waals surface area (Å²) in [5, 5.41) is 12.5. The highest BCUT2D eigenvalue weighted by Crippen LogP contribution is 2.31. The second-order valence-corrected chi connectivity index (χ2v) is 10.1. The van der Waals surface area contributed by atoms with Crippen LogP contribution in [0.4, 0.5) is 0 Å². The minimum absolute atomic E-state index is 0.0163. The number of carbonyl (C=O) groups excluding carboxylic acids is 1. The molecule has 1 amide bonds. The first kappa shape index (κ1) is 21.9. The molecule has 4 rings (SSSR count). The molecule has 6 nitrogen and oxygen atoms in total. The number of hydrogen-bond acceptors (Lipinski definition) is 7. The Labute approximate surface area is 193 Å². The zero-order valence-electron chi connectivity index (χ0n) is 17.3. The Bertz CT molecular complexity index is 1130. The Kier molecular flexibility index (Phi) is 7.26. The van der Waals surface area contributed by atoms with Crippen molar-refractivity contribution >= 4 is 51.0 Å². The molecule has 2 aromatic carbocycles. The van der Waals surface area contributed by atoms with E-state index in [1.54, 1.807) is 23.1 Å². The molecule has 2 aromatic heterocycles. The third-order valence-corrected chi connectivity index (χ3v) is 7.86. The molecule has 0 fully saturated rings. The molecular weight excluding hydrogens is 446 g/mol. The van der Waals surface area contributed by atoms with E-state index in [0.29, 0.717) is 11.5 Å². The largest absolute Gasteiger partial charge is 0.349 e. The van der Waals surface area contributed by atoms with Crippen molar-refractivity contribution in [3.8, 4) is 0 Å². The zero-order valence-corrected chi connectivity index (χ0v) is 19.8. The Morgan fingerprint density at radius 3 is 2.65 bits per heavy atom. The van der Waals surface area contributed by atoms with Crippen LogP contribution < -0.4 is 5.32 Å². The first-order valence-corrected chi connectivity index (χ1v) is 12.8. The predicted octanol–water partition coefficient (Wildman–Crippen LogP) is 5.17. The van der Waals surface area contributed by atoms with Crippen molar-refractivity contribution in [2.45, 2.75) is 41.7 Å². The summed E-state index contributed by atoms with van der Waals surface area (Å²) in [6.45, 7) is 4.81. The molecule has 0 bridgehead atoms. The molecule has 0 spiro atoms. The number of amides is 1. The first-order valence-electron chi connectivity index (χ1n) is 10.0. The fourth-order valence-corrected chi connectivity index (χ4v) is 5.97. The van der Waals surface area contributed by atoms with E-state index in [1.807, 2.05) is 55.5 Å². The van der Waals surface area contributed by atoms with Gasteiger partial charge in [0.05, 0.1) is 27.8 Å². The average molecular weight is 470 g/mol. The maximum atomic E-state index is 12.4. The van der Waals surface area contributed by atoms with Crippen molar-refractivity contribution < 1.29 is 4.79 Å². The SMILES string of the molecule is CCn1c(CSc2nc3ccccc3s2)nnc1SCC(=O)N[C@@H](C)c1ccccc1. The van der Waals surface area contributed by atoms with Crippen LogP contribution in [0.1, 0.15) is 31.3 Å². The number of fused-ring (bicyclic) bond motifs is 1. The number of hydrogen-bond donors (Lipinski definition) is 1. The van der Waals surface area contributed by atoms with Gasteiger partial charge in [-0.3, -0.25) is 4.79 Å². The molecular formula is C22H23N5OS3. The van der Waals surface area contributed by atoms with Gasteiger partial charge in [-0.05, 0) is 31.5 Å². The maximum Gasteiger partial charge on any atom is 0.230 e. The lowest BCUT2D eigenvalue weighted by Gasteiger charge is -2.14. The van der Waals surface area contributed by atoms with E-state index >= 15 is 0 Å². The quantitative estimate of drug-likeness (QED) is 0.341. The highest BCUT2D eigenvalue weighted by atomic mass is 32.2. The van der Waals surface area contributed by atoms with Gasteiger partial charge in [-0.1, -0.05) is 66.0 Å². The monoisotopic (exact) mass is 469 g/mol. The van der Waals surface area contributed by atoms with Crippen molar-refractivity contribution in [1.82, 2.24) is 25.1 Å². The second-order valence-electron chi connectivity index (χ2n) is 6.87. The lowest BCUT2D eigenvalue weighted by molar-refractivity contribution is -0.119. The highest BCUT2D eigenvalue weighted by molar-refractivity contribution is 8.00. The third kappa shape index (κ3) is 5.47. The van der Waals surface area contributed by atoms with E-state index in [1.165, 1.54) is 16.5 Å². The van der Waals surface area contributed by atoms with E-state index in [0.717, 1.165) is 32.9 Å². The molecule has 0 unspecified atom stereocenters. The van der Waals surface area contributed by atoms with Crippen LogP contribution in [0.15, 0.2) is 64.1 Å². The Hall–Kier alpha value is -2.36. The molecule has 4 aromatic rings. The number of thioether (sulfide) groups is 2. The van der Waals surface area contributed by atoms with Crippen LogP contribution in [-0.2, 0) is 17.1 Å². The molecule has 2 heterocycles. The van der Waals surface area contributed by atoms with Crippen LogP contribution >= 0.6 is 34.9 Å². The Morgan fingerprint density at radius 1 is 1.10 bits per heavy atom. The van der Waals surface area contributed by atoms with E-state index in [4.69, 9.17) is 0 Å². The van der Waals surface area contributed by atoms with Crippen molar-refractivity contribution in [3.63, 3.8) is 0 Å². The minimum Gasteiger partial charge on any atom is -0.349 e. The molecule has 0 saturated heterocycles. The van der Waals surface area contributed by atoms with E-state index in [-0.39, 0.29) is 11.9 Å². The summed E-state index contributed by atoms with van der Waals surface area (Å²) in [7, 11) is 0. The molecule has 0 aliphatic rings. The van der Waals surface area contributed by atoms with Gasteiger partial charge in [-0.25, -0.2) is 4.98 Å². The predicted molar refractivity (Wildman–Crippen MR) is 129 cm³/mol. The molecule has 31 heavy (non-hydrogen) atoms. The van der Waals surface area contributed by atoms with Gasteiger partial charge in [0.15, 0.2) is 9.50 Å². The van der Waals surface area contributed by atoms with Gasteiger partial charge < -0.3 is 9.88 Å². The van der Waals surface area contributed by atoms with Gasteiger partial charge >= 0.3 is 0 Å². The topological polar surface area (TPSA) is 72.7 Å². The number of carbonyl (C=O) groups is 1. The summed E-state index contributed by atoms with van der Waals surface area (Å²) in [6.07, 6.45) is 0. The van der Waals surface area contributed by atoms with Crippen LogP contribution in [0.25, 0.3) is 10.2 Å². The summed E-state index contributed by atoms with van der Waals surface area (Å²) in [6, 6.07) is 18.1. The van der Waals surface area contributed by atoms with Crippen molar-refractivity contribution in [2.75, 3.05) is 5.75 Å². The van der Waals surface area contributed by atoms with Gasteiger partial charge in [-0.2, -0.15) is 0 Å². The normalized spacial score (nSPS) is 12.2. The third-order valence-electron chi connectivity index (χ3n) is 4.72. The molecule has 160 valence electrons. The van der Waals surface area contributed by atoms with Crippen LogP contribution in [-0.4, -0.2) is 31.4 Å². The van der Waals surface area contributed by atoms with Crippen LogP contribution in [0.5, 0.6) is 0 Å². The summed E-state index contributed by atoms with van der Waals surface area (Å²) >= 11 is 4.78. The number of thiazole rings is 1. The zero-order chi connectivity index (χ0) is 21.6. The number of nitrogens with one attached hydrogen (secondary N) is 1. The van der Waals surface area contributed by atoms with Gasteiger partial charge in [0.1, 0.15) is 5.82 Å². The summed E-state index contributed by atoms with van der Waals surface area (Å²) in [5.41, 5.74) is 2.12. The molecule has 0 aliphatic heterocycles. The summed E-state index contributed by atoms with van der Waals surface area (Å²) in [5.74, 6) is 1.88. The molecule has 0 saturated carbocycles. The highest BCUT2D eigenvalue weighted by Gasteiger charge is 2.15. The van der Waals surface area contributed by atoms with E-state index < -0.39 is 0 Å². The molecule has 1 N–H and O–H groups in total. The van der Waals surface area contributed by atoms with Crippen LogP contribution in [0.3, 0.4) is 0 Å². The number of benzene rings is 2. The fourth-order valence-electron chi connectivity index (χ4n) is 3.13.